The molecule has 0 saturated carbocycles. The van der Waals surface area contributed by atoms with Gasteiger partial charge >= 0.3 is 12.4 Å². The van der Waals surface area contributed by atoms with Gasteiger partial charge in [0.1, 0.15) is 28.6 Å². The Morgan fingerprint density at radius 1 is 0.938 bits per heavy atom. The van der Waals surface area contributed by atoms with E-state index in [1.54, 1.807) is 6.92 Å². The predicted octanol–water partition coefficient (Wildman–Crippen LogP) is 5.57. The lowest BCUT2D eigenvalue weighted by molar-refractivity contribution is -0.150. The Labute approximate surface area is 176 Å². The molecule has 2 aromatic heterocycles. The number of alkyl halides is 6. The van der Waals surface area contributed by atoms with Crippen molar-refractivity contribution in [1.29, 1.82) is 0 Å². The number of benzene rings is 1. The Morgan fingerprint density at radius 2 is 1.50 bits per heavy atom. The molecule has 0 aliphatic rings. The molecule has 0 atom stereocenters. The van der Waals surface area contributed by atoms with Gasteiger partial charge in [-0.2, -0.15) is 26.3 Å². The lowest BCUT2D eigenvalue weighted by atomic mass is 10.2. The number of anilines is 1. The van der Waals surface area contributed by atoms with Gasteiger partial charge in [-0.25, -0.2) is 9.97 Å². The normalized spacial score (nSPS) is 11.8. The minimum atomic E-state index is -5.11. The molecule has 2 N–H and O–H groups in total. The second kappa shape index (κ2) is 8.36. The number of rotatable bonds is 4. The fraction of sp³-hybridized carbons (Fsp3) is 0.150. The first-order valence-electron chi connectivity index (χ1n) is 8.75. The van der Waals surface area contributed by atoms with Crippen LogP contribution in [0.1, 0.15) is 27.4 Å². The third kappa shape index (κ3) is 5.25. The summed E-state index contributed by atoms with van der Waals surface area (Å²) in [6, 6.07) is 7.24. The summed E-state index contributed by atoms with van der Waals surface area (Å²) < 4.78 is 82.5. The molecule has 0 spiro atoms. The molecular weight excluding hydrogens is 444 g/mol. The van der Waals surface area contributed by atoms with Crippen LogP contribution in [0.5, 0.6) is 17.2 Å². The van der Waals surface area contributed by atoms with Crippen molar-refractivity contribution in [2.45, 2.75) is 19.3 Å². The number of amides is 1. The lowest BCUT2D eigenvalue weighted by Crippen LogP contribution is -2.15. The Bertz CT molecular complexity index is 1110. The van der Waals surface area contributed by atoms with E-state index in [-0.39, 0.29) is 22.9 Å². The first kappa shape index (κ1) is 22.8. The smallest absolute Gasteiger partial charge is 0.433 e. The number of aryl methyl sites for hydroxylation is 1. The second-order valence-electron chi connectivity index (χ2n) is 6.47. The summed E-state index contributed by atoms with van der Waals surface area (Å²) in [4.78, 5) is 18.6. The summed E-state index contributed by atoms with van der Waals surface area (Å²) >= 11 is 0. The van der Waals surface area contributed by atoms with Crippen LogP contribution in [0.2, 0.25) is 0 Å². The number of halogens is 6. The average molecular weight is 457 g/mol. The van der Waals surface area contributed by atoms with Crippen LogP contribution < -0.4 is 10.1 Å². The summed E-state index contributed by atoms with van der Waals surface area (Å²) in [5.74, 6) is -1.83. The van der Waals surface area contributed by atoms with Gasteiger partial charge in [-0.15, -0.1) is 0 Å². The van der Waals surface area contributed by atoms with E-state index >= 15 is 0 Å². The maximum atomic E-state index is 12.9. The van der Waals surface area contributed by atoms with Crippen LogP contribution in [0.25, 0.3) is 0 Å². The van der Waals surface area contributed by atoms with Crippen molar-refractivity contribution < 1.29 is 41.0 Å². The van der Waals surface area contributed by atoms with E-state index in [1.807, 2.05) is 0 Å². The van der Waals surface area contributed by atoms with Gasteiger partial charge in [0.25, 0.3) is 5.91 Å². The third-order valence-corrected chi connectivity index (χ3v) is 4.07. The SMILES string of the molecule is Cc1ccnc(C(=O)Nc2ccc(Oc3cc(C(F)(F)F)nc(C(F)(F)F)c3)cc2)c1O. The highest BCUT2D eigenvalue weighted by Crippen LogP contribution is 2.37. The highest BCUT2D eigenvalue weighted by molar-refractivity contribution is 6.04. The van der Waals surface area contributed by atoms with E-state index in [9.17, 15) is 36.2 Å². The quantitative estimate of drug-likeness (QED) is 0.501. The molecule has 2 heterocycles. The molecule has 0 bridgehead atoms. The fourth-order valence-electron chi connectivity index (χ4n) is 2.50. The molecule has 1 aromatic carbocycles. The molecule has 0 unspecified atom stereocenters. The maximum absolute atomic E-state index is 12.9. The Morgan fingerprint density at radius 3 is 2.03 bits per heavy atom. The van der Waals surface area contributed by atoms with Gasteiger partial charge < -0.3 is 15.2 Å². The van der Waals surface area contributed by atoms with Gasteiger partial charge in [-0.1, -0.05) is 0 Å². The van der Waals surface area contributed by atoms with E-state index < -0.39 is 35.4 Å². The van der Waals surface area contributed by atoms with Crippen LogP contribution in [0.3, 0.4) is 0 Å². The van der Waals surface area contributed by atoms with Gasteiger partial charge in [-0.3, -0.25) is 4.79 Å². The molecule has 3 aromatic rings. The van der Waals surface area contributed by atoms with Crippen LogP contribution in [0.15, 0.2) is 48.7 Å². The highest BCUT2D eigenvalue weighted by atomic mass is 19.4. The van der Waals surface area contributed by atoms with E-state index in [4.69, 9.17) is 4.74 Å². The molecule has 0 aliphatic carbocycles. The molecular formula is C20H13F6N3O3. The van der Waals surface area contributed by atoms with Gasteiger partial charge in [0.05, 0.1) is 0 Å². The number of nitrogens with one attached hydrogen (secondary N) is 1. The van der Waals surface area contributed by atoms with Crippen LogP contribution >= 0.6 is 0 Å². The minimum Gasteiger partial charge on any atom is -0.505 e. The predicted molar refractivity (Wildman–Crippen MR) is 99.3 cm³/mol. The number of carbonyl (C=O) groups excluding carboxylic acids is 1. The largest absolute Gasteiger partial charge is 0.505 e. The molecule has 0 aliphatic heterocycles. The van der Waals surface area contributed by atoms with Gasteiger partial charge in [0.2, 0.25) is 0 Å². The third-order valence-electron chi connectivity index (χ3n) is 4.07. The lowest BCUT2D eigenvalue weighted by Gasteiger charge is -2.14. The first-order chi connectivity index (χ1) is 14.8. The molecule has 0 radical (unpaired) electrons. The zero-order valence-corrected chi connectivity index (χ0v) is 16.0. The molecule has 32 heavy (non-hydrogen) atoms. The van der Waals surface area contributed by atoms with Crippen LogP contribution in [-0.4, -0.2) is 21.0 Å². The number of ether oxygens (including phenoxy) is 1. The molecule has 3 rings (SSSR count). The monoisotopic (exact) mass is 457 g/mol. The van der Waals surface area contributed by atoms with Crippen molar-refractivity contribution in [3.63, 3.8) is 0 Å². The van der Waals surface area contributed by atoms with Gasteiger partial charge in [0.15, 0.2) is 5.69 Å². The van der Waals surface area contributed by atoms with E-state index in [2.05, 4.69) is 15.3 Å². The van der Waals surface area contributed by atoms with Crippen molar-refractivity contribution in [2.75, 3.05) is 5.32 Å². The number of pyridine rings is 2. The van der Waals surface area contributed by atoms with Crippen molar-refractivity contribution in [2.24, 2.45) is 0 Å². The molecule has 12 heteroatoms. The zero-order valence-electron chi connectivity index (χ0n) is 16.0. The Balaban J connectivity index is 1.80. The first-order valence-corrected chi connectivity index (χ1v) is 8.75. The van der Waals surface area contributed by atoms with Crippen molar-refractivity contribution in [3.05, 3.63) is 71.3 Å². The topological polar surface area (TPSA) is 84.3 Å². The van der Waals surface area contributed by atoms with Crippen LogP contribution in [-0.2, 0) is 12.4 Å². The highest BCUT2D eigenvalue weighted by Gasteiger charge is 2.39. The summed E-state index contributed by atoms with van der Waals surface area (Å²) in [5.41, 5.74) is -3.08. The Hall–Kier alpha value is -3.83. The zero-order chi connectivity index (χ0) is 23.7. The van der Waals surface area contributed by atoms with E-state index in [1.165, 1.54) is 36.5 Å². The second-order valence-corrected chi connectivity index (χ2v) is 6.47. The number of aromatic nitrogens is 2. The molecule has 0 fully saturated rings. The summed E-state index contributed by atoms with van der Waals surface area (Å²) in [7, 11) is 0. The molecule has 0 saturated heterocycles. The maximum Gasteiger partial charge on any atom is 0.433 e. The molecule has 6 nitrogen and oxygen atoms in total. The average Bonchev–Trinajstić information content (AvgIpc) is 2.70. The molecule has 168 valence electrons. The Kier molecular flexibility index (Phi) is 5.97. The summed E-state index contributed by atoms with van der Waals surface area (Å²) in [5, 5.41) is 12.4. The number of aromatic hydroxyl groups is 1. The number of nitrogens with zero attached hydrogens (tertiary/aromatic N) is 2. The van der Waals surface area contributed by atoms with Gasteiger partial charge in [0, 0.05) is 24.0 Å². The standard InChI is InChI=1S/C20H13F6N3O3/c1-10-6-7-27-16(17(10)30)18(31)28-11-2-4-12(5-3-11)32-13-8-14(19(21,22)23)29-15(9-13)20(24,25)26/h2-9,30H,1H3,(H,28,31). The number of carbonyl (C=O) groups is 1. The summed E-state index contributed by atoms with van der Waals surface area (Å²) in [6.07, 6.45) is -8.88. The fourth-order valence-corrected chi connectivity index (χ4v) is 2.50. The van der Waals surface area contributed by atoms with E-state index in [0.717, 1.165) is 0 Å². The summed E-state index contributed by atoms with van der Waals surface area (Å²) in [6.45, 7) is 1.58. The minimum absolute atomic E-state index is 0.0908. The number of hydrogen-bond donors (Lipinski definition) is 2. The van der Waals surface area contributed by atoms with Crippen LogP contribution in [0.4, 0.5) is 32.0 Å². The van der Waals surface area contributed by atoms with Gasteiger partial charge in [-0.05, 0) is 42.8 Å². The number of hydrogen-bond acceptors (Lipinski definition) is 5. The molecule has 1 amide bonds. The van der Waals surface area contributed by atoms with Crippen molar-refractivity contribution >= 4 is 11.6 Å². The van der Waals surface area contributed by atoms with Crippen LogP contribution in [0, 0.1) is 6.92 Å². The van der Waals surface area contributed by atoms with Crippen molar-refractivity contribution in [3.8, 4) is 17.2 Å². The van der Waals surface area contributed by atoms with E-state index in [0.29, 0.717) is 17.7 Å². The van der Waals surface area contributed by atoms with Crippen molar-refractivity contribution in [1.82, 2.24) is 9.97 Å².